The molecule has 9 nitrogen and oxygen atoms in total. The molecule has 4 rings (SSSR count). The third-order valence-electron chi connectivity index (χ3n) is 8.06. The summed E-state index contributed by atoms with van der Waals surface area (Å²) in [6.45, 7) is 11.3. The normalized spacial score (nSPS) is 30.4. The number of hydrogen-bond donors (Lipinski definition) is 6. The number of rotatable bonds is 2. The Morgan fingerprint density at radius 1 is 1.17 bits per heavy atom. The second-order valence-electron chi connectivity index (χ2n) is 11.5. The number of carbonyl (C=O) groups is 3. The highest BCUT2D eigenvalue weighted by Gasteiger charge is 2.65. The molecule has 0 spiro atoms. The molecule has 194 valence electrons. The van der Waals surface area contributed by atoms with Crippen LogP contribution in [-0.2, 0) is 19.8 Å². The largest absolute Gasteiger partial charge is 0.508 e. The molecule has 3 aliphatic rings. The number of benzene rings is 1. The van der Waals surface area contributed by atoms with Gasteiger partial charge in [-0.15, -0.1) is 0 Å². The number of ketones is 2. The predicted octanol–water partition coefficient (Wildman–Crippen LogP) is 2.38. The van der Waals surface area contributed by atoms with Crippen LogP contribution in [0, 0.1) is 11.8 Å². The van der Waals surface area contributed by atoms with Gasteiger partial charge in [-0.1, -0.05) is 47.6 Å². The summed E-state index contributed by atoms with van der Waals surface area (Å²) in [4.78, 5) is 38.2. The Kier molecular flexibility index (Phi) is 5.70. The number of fused-ring (bicyclic) bond motifs is 3. The van der Waals surface area contributed by atoms with Gasteiger partial charge in [0.15, 0.2) is 11.4 Å². The summed E-state index contributed by atoms with van der Waals surface area (Å²) in [5, 5.41) is 56.4. The first kappa shape index (κ1) is 25.9. The number of hydrogen-bond acceptors (Lipinski definition) is 8. The minimum Gasteiger partial charge on any atom is -0.508 e. The van der Waals surface area contributed by atoms with E-state index < -0.39 is 75.9 Å². The van der Waals surface area contributed by atoms with E-state index in [1.807, 2.05) is 40.7 Å². The summed E-state index contributed by atoms with van der Waals surface area (Å²) >= 11 is 0. The highest BCUT2D eigenvalue weighted by molar-refractivity contribution is 6.23. The van der Waals surface area contributed by atoms with Crippen LogP contribution in [0.5, 0.6) is 5.75 Å². The minimum atomic E-state index is -2.84. The van der Waals surface area contributed by atoms with Gasteiger partial charge in [0.05, 0.1) is 11.7 Å². The predicted molar refractivity (Wildman–Crippen MR) is 130 cm³/mol. The molecule has 9 heteroatoms. The van der Waals surface area contributed by atoms with Crippen LogP contribution in [0.15, 0.2) is 23.0 Å². The lowest BCUT2D eigenvalue weighted by atomic mass is 9.55. The van der Waals surface area contributed by atoms with Gasteiger partial charge in [0.25, 0.3) is 5.91 Å². The first-order valence-electron chi connectivity index (χ1n) is 12.0. The van der Waals surface area contributed by atoms with E-state index in [4.69, 9.17) is 5.73 Å². The van der Waals surface area contributed by atoms with E-state index in [0.29, 0.717) is 11.1 Å². The first-order chi connectivity index (χ1) is 16.5. The molecule has 0 unspecified atom stereocenters. The van der Waals surface area contributed by atoms with Crippen molar-refractivity contribution in [2.24, 2.45) is 17.6 Å². The number of nitrogens with two attached hydrogens (primary N) is 1. The molecule has 0 aliphatic heterocycles. The van der Waals surface area contributed by atoms with Gasteiger partial charge in [0, 0.05) is 29.4 Å². The first-order valence-corrected chi connectivity index (χ1v) is 12.0. The molecule has 0 heterocycles. The van der Waals surface area contributed by atoms with Crippen molar-refractivity contribution in [1.82, 2.24) is 0 Å². The number of Topliss-reactive ketones (excluding diaryl/α,β-unsaturated/α-hetero) is 2. The highest BCUT2D eigenvalue weighted by Crippen LogP contribution is 2.57. The summed E-state index contributed by atoms with van der Waals surface area (Å²) < 4.78 is 0. The molecular weight excluding hydrogens is 466 g/mol. The van der Waals surface area contributed by atoms with Gasteiger partial charge >= 0.3 is 0 Å². The fourth-order valence-corrected chi connectivity index (χ4v) is 6.24. The van der Waals surface area contributed by atoms with E-state index in [0.717, 1.165) is 5.56 Å². The Labute approximate surface area is 208 Å². The highest BCUT2D eigenvalue weighted by atomic mass is 16.4. The van der Waals surface area contributed by atoms with Crippen LogP contribution in [0.2, 0.25) is 0 Å². The molecule has 36 heavy (non-hydrogen) atoms. The van der Waals surface area contributed by atoms with Crippen molar-refractivity contribution in [1.29, 1.82) is 0 Å². The SMILES string of the molecule is CC(C)c1cc(C(C)(C)C)c(O)c2c1[C@H](C)[C@@H]1C(=C2O)C(=O)[C@]2(O)C(O)=C(C(N)=O)C(=O)C[C@@H]2[C@H]1O. The van der Waals surface area contributed by atoms with Gasteiger partial charge < -0.3 is 31.3 Å². The van der Waals surface area contributed by atoms with Crippen LogP contribution in [0.1, 0.15) is 82.1 Å². The summed E-state index contributed by atoms with van der Waals surface area (Å²) in [5.41, 5.74) is 2.56. The summed E-state index contributed by atoms with van der Waals surface area (Å²) in [6, 6.07) is 1.87. The number of phenolic OH excluding ortho intramolecular Hbond substituents is 1. The zero-order valence-corrected chi connectivity index (χ0v) is 21.2. The molecule has 1 aromatic rings. The molecular formula is C27H33NO8. The van der Waals surface area contributed by atoms with E-state index in [1.54, 1.807) is 6.92 Å². The van der Waals surface area contributed by atoms with Crippen molar-refractivity contribution >= 4 is 23.2 Å². The zero-order chi connectivity index (χ0) is 27.2. The number of aromatic hydroxyl groups is 1. The molecule has 1 amide bonds. The molecule has 1 aromatic carbocycles. The fraction of sp³-hybridized carbons (Fsp3) is 0.519. The molecule has 0 radical (unpaired) electrons. The van der Waals surface area contributed by atoms with Gasteiger partial charge in [-0.25, -0.2) is 0 Å². The van der Waals surface area contributed by atoms with E-state index in [1.165, 1.54) is 0 Å². The van der Waals surface area contributed by atoms with Crippen LogP contribution < -0.4 is 5.73 Å². The Balaban J connectivity index is 2.09. The van der Waals surface area contributed by atoms with E-state index in [9.17, 15) is 39.9 Å². The fourth-order valence-electron chi connectivity index (χ4n) is 6.24. The lowest BCUT2D eigenvalue weighted by molar-refractivity contribution is -0.160. The van der Waals surface area contributed by atoms with Gasteiger partial charge in [0.2, 0.25) is 5.78 Å². The standard InChI is InChI=1S/C27H33NO8/c1-9(2)11-7-12(26(4,5)6)20(30)18-15(11)10(3)16-19(22(18)32)24(34)27(36)13(21(16)31)8-14(29)17(23(27)33)25(28)35/h7,9-10,13,16,21,30-33,36H,8H2,1-6H3,(H2,28,35)/t10-,13+,16+,21+,27+/m0/s1. The van der Waals surface area contributed by atoms with Crippen LogP contribution in [0.3, 0.4) is 0 Å². The maximum absolute atomic E-state index is 13.8. The third kappa shape index (κ3) is 3.18. The minimum absolute atomic E-state index is 0.0352. The Morgan fingerprint density at radius 3 is 2.25 bits per heavy atom. The molecule has 0 bridgehead atoms. The number of amides is 1. The van der Waals surface area contributed by atoms with Crippen LogP contribution >= 0.6 is 0 Å². The van der Waals surface area contributed by atoms with Gasteiger partial charge in [0.1, 0.15) is 22.8 Å². The van der Waals surface area contributed by atoms with E-state index in [-0.39, 0.29) is 22.8 Å². The van der Waals surface area contributed by atoms with Crippen molar-refractivity contribution in [2.75, 3.05) is 0 Å². The molecule has 0 saturated heterocycles. The topological polar surface area (TPSA) is 178 Å². The lowest BCUT2D eigenvalue weighted by Crippen LogP contribution is -2.64. The van der Waals surface area contributed by atoms with Crippen molar-refractivity contribution in [3.8, 4) is 5.75 Å². The Bertz CT molecular complexity index is 1280. The van der Waals surface area contributed by atoms with Crippen LogP contribution in [0.25, 0.3) is 5.76 Å². The van der Waals surface area contributed by atoms with Crippen molar-refractivity contribution < 1.29 is 39.9 Å². The van der Waals surface area contributed by atoms with Crippen LogP contribution in [0.4, 0.5) is 0 Å². The molecule has 5 atom stereocenters. The molecule has 1 fully saturated rings. The summed E-state index contributed by atoms with van der Waals surface area (Å²) in [7, 11) is 0. The van der Waals surface area contributed by atoms with E-state index >= 15 is 0 Å². The Hall–Kier alpha value is -3.17. The number of phenols is 1. The van der Waals surface area contributed by atoms with Crippen molar-refractivity contribution in [3.05, 3.63) is 45.2 Å². The van der Waals surface area contributed by atoms with E-state index in [2.05, 4.69) is 0 Å². The van der Waals surface area contributed by atoms with Gasteiger partial charge in [-0.3, -0.25) is 14.4 Å². The summed E-state index contributed by atoms with van der Waals surface area (Å²) in [5.74, 6) is -8.55. The average molecular weight is 500 g/mol. The van der Waals surface area contributed by atoms with Gasteiger partial charge in [-0.2, -0.15) is 0 Å². The number of aliphatic hydroxyl groups is 4. The Morgan fingerprint density at radius 2 is 1.75 bits per heavy atom. The molecule has 1 saturated carbocycles. The second-order valence-corrected chi connectivity index (χ2v) is 11.5. The van der Waals surface area contributed by atoms with Crippen LogP contribution in [-0.4, -0.2) is 54.7 Å². The number of aliphatic hydroxyl groups excluding tert-OH is 3. The summed E-state index contributed by atoms with van der Waals surface area (Å²) in [6.07, 6.45) is -2.14. The number of carbonyl (C=O) groups excluding carboxylic acids is 3. The number of primary amides is 1. The third-order valence-corrected chi connectivity index (χ3v) is 8.06. The average Bonchev–Trinajstić information content (AvgIpc) is 2.75. The van der Waals surface area contributed by atoms with Crippen molar-refractivity contribution in [2.45, 2.75) is 76.9 Å². The zero-order valence-electron chi connectivity index (χ0n) is 21.2. The maximum Gasteiger partial charge on any atom is 0.255 e. The van der Waals surface area contributed by atoms with Gasteiger partial charge in [-0.05, 0) is 28.4 Å². The van der Waals surface area contributed by atoms with Crippen molar-refractivity contribution in [3.63, 3.8) is 0 Å². The smallest absolute Gasteiger partial charge is 0.255 e. The maximum atomic E-state index is 13.8. The monoisotopic (exact) mass is 499 g/mol. The quantitative estimate of drug-likeness (QED) is 0.336. The lowest BCUT2D eigenvalue weighted by Gasteiger charge is -2.51. The molecule has 3 aliphatic carbocycles. The molecule has 7 N–H and O–H groups in total. The second kappa shape index (κ2) is 7.91. The molecule has 0 aromatic heterocycles.